The molecule has 1 atom stereocenters. The molecule has 3 aliphatic rings. The van der Waals surface area contributed by atoms with E-state index < -0.39 is 0 Å². The van der Waals surface area contributed by atoms with Crippen LogP contribution in [0.2, 0.25) is 0 Å². The van der Waals surface area contributed by atoms with E-state index in [1.807, 2.05) is 23.6 Å². The fraction of sp³-hybridized carbons (Fsp3) is 0.722. The third kappa shape index (κ3) is 2.52. The minimum atomic E-state index is -0.154. The molecule has 1 aromatic heterocycles. The van der Waals surface area contributed by atoms with E-state index in [9.17, 15) is 9.59 Å². The first-order chi connectivity index (χ1) is 11.5. The van der Waals surface area contributed by atoms with Crippen molar-refractivity contribution in [3.63, 3.8) is 0 Å². The summed E-state index contributed by atoms with van der Waals surface area (Å²) in [6, 6.07) is 1.80. The number of amides is 2. The Morgan fingerprint density at radius 1 is 1.29 bits per heavy atom. The van der Waals surface area contributed by atoms with Crippen LogP contribution in [0, 0.1) is 5.92 Å². The summed E-state index contributed by atoms with van der Waals surface area (Å²) in [5, 5.41) is 3.98. The Bertz CT molecular complexity index is 664. The Morgan fingerprint density at radius 2 is 2.08 bits per heavy atom. The lowest BCUT2D eigenvalue weighted by Crippen LogP contribution is -2.69. The van der Waals surface area contributed by atoms with E-state index in [0.29, 0.717) is 18.2 Å². The van der Waals surface area contributed by atoms with Crippen LogP contribution in [0.3, 0.4) is 0 Å². The van der Waals surface area contributed by atoms with Crippen molar-refractivity contribution in [3.05, 3.63) is 17.5 Å². The molecular weight excluding hydrogens is 306 g/mol. The number of aromatic nitrogens is 1. The number of likely N-dealkylation sites (tertiary alicyclic amines) is 2. The van der Waals surface area contributed by atoms with Crippen LogP contribution in [0.15, 0.2) is 10.6 Å². The zero-order valence-electron chi connectivity index (χ0n) is 14.5. The molecule has 0 radical (unpaired) electrons. The molecule has 4 rings (SSSR count). The molecule has 2 amide bonds. The first-order valence-corrected chi connectivity index (χ1v) is 9.07. The summed E-state index contributed by atoms with van der Waals surface area (Å²) in [5.74, 6) is 1.44. The van der Waals surface area contributed by atoms with E-state index in [4.69, 9.17) is 4.52 Å². The van der Waals surface area contributed by atoms with Crippen molar-refractivity contribution in [2.45, 2.75) is 57.4 Å². The van der Waals surface area contributed by atoms with E-state index in [-0.39, 0.29) is 23.3 Å². The third-order valence-corrected chi connectivity index (χ3v) is 5.70. The van der Waals surface area contributed by atoms with Gasteiger partial charge in [-0.3, -0.25) is 9.59 Å². The number of nitrogens with zero attached hydrogens (tertiary/aromatic N) is 3. The molecule has 0 bridgehead atoms. The Labute approximate surface area is 142 Å². The molecule has 3 fully saturated rings. The fourth-order valence-electron chi connectivity index (χ4n) is 4.02. The van der Waals surface area contributed by atoms with E-state index in [2.05, 4.69) is 5.16 Å². The molecule has 1 spiro atoms. The van der Waals surface area contributed by atoms with Crippen molar-refractivity contribution in [2.75, 3.05) is 19.6 Å². The maximum absolute atomic E-state index is 12.8. The van der Waals surface area contributed by atoms with Gasteiger partial charge in [0.05, 0.1) is 5.54 Å². The van der Waals surface area contributed by atoms with Crippen LogP contribution in [0.5, 0.6) is 0 Å². The number of hydrogen-bond donors (Lipinski definition) is 0. The van der Waals surface area contributed by atoms with Gasteiger partial charge in [-0.25, -0.2) is 0 Å². The normalized spacial score (nSPS) is 26.8. The van der Waals surface area contributed by atoms with E-state index in [1.54, 1.807) is 6.07 Å². The van der Waals surface area contributed by atoms with Gasteiger partial charge in [0.1, 0.15) is 5.76 Å². The largest absolute Gasteiger partial charge is 0.360 e. The zero-order chi connectivity index (χ0) is 16.9. The van der Waals surface area contributed by atoms with Gasteiger partial charge >= 0.3 is 0 Å². The van der Waals surface area contributed by atoms with Crippen molar-refractivity contribution < 1.29 is 14.1 Å². The average Bonchev–Trinajstić information content (AvgIpc) is 3.30. The summed E-state index contributed by atoms with van der Waals surface area (Å²) in [6.45, 7) is 6.05. The lowest BCUT2D eigenvalue weighted by Gasteiger charge is -2.57. The highest BCUT2D eigenvalue weighted by Gasteiger charge is 2.50. The highest BCUT2D eigenvalue weighted by atomic mass is 16.5. The van der Waals surface area contributed by atoms with Crippen LogP contribution in [0.4, 0.5) is 0 Å². The molecule has 6 heteroatoms. The summed E-state index contributed by atoms with van der Waals surface area (Å²) >= 11 is 0. The standard InChI is InChI=1S/C18H25N3O3/c1-12(2)16(22)21-9-7-18(21)6-3-8-20(11-18)17(23)14-10-15(24-19-14)13-4-5-13/h10,12-13H,3-9,11H2,1-2H3. The smallest absolute Gasteiger partial charge is 0.276 e. The van der Waals surface area contributed by atoms with Gasteiger partial charge in [0.25, 0.3) is 5.91 Å². The van der Waals surface area contributed by atoms with Gasteiger partial charge in [-0.15, -0.1) is 0 Å². The summed E-state index contributed by atoms with van der Waals surface area (Å²) in [6.07, 6.45) is 5.16. The number of rotatable bonds is 3. The van der Waals surface area contributed by atoms with Gasteiger partial charge in [0.2, 0.25) is 5.91 Å². The molecule has 130 valence electrons. The Kier molecular flexibility index (Phi) is 3.66. The van der Waals surface area contributed by atoms with Gasteiger partial charge in [0.15, 0.2) is 5.69 Å². The van der Waals surface area contributed by atoms with Crippen molar-refractivity contribution in [1.29, 1.82) is 0 Å². The fourth-order valence-corrected chi connectivity index (χ4v) is 4.02. The predicted molar refractivity (Wildman–Crippen MR) is 87.5 cm³/mol. The Hall–Kier alpha value is -1.85. The molecule has 1 aliphatic carbocycles. The maximum atomic E-state index is 12.8. The van der Waals surface area contributed by atoms with Crippen LogP contribution in [0.1, 0.15) is 68.1 Å². The molecule has 1 aromatic rings. The van der Waals surface area contributed by atoms with Crippen molar-refractivity contribution in [1.82, 2.24) is 15.0 Å². The number of carbonyl (C=O) groups excluding carboxylic acids is 2. The molecule has 2 saturated heterocycles. The van der Waals surface area contributed by atoms with Crippen molar-refractivity contribution in [3.8, 4) is 0 Å². The lowest BCUT2D eigenvalue weighted by atomic mass is 9.77. The molecule has 0 aromatic carbocycles. The lowest BCUT2D eigenvalue weighted by molar-refractivity contribution is -0.155. The second-order valence-electron chi connectivity index (χ2n) is 7.84. The Balaban J connectivity index is 1.48. The first-order valence-electron chi connectivity index (χ1n) is 9.07. The Morgan fingerprint density at radius 3 is 2.71 bits per heavy atom. The highest BCUT2D eigenvalue weighted by Crippen LogP contribution is 2.41. The van der Waals surface area contributed by atoms with Gasteiger partial charge < -0.3 is 14.3 Å². The minimum Gasteiger partial charge on any atom is -0.360 e. The van der Waals surface area contributed by atoms with E-state index in [0.717, 1.165) is 51.0 Å². The monoisotopic (exact) mass is 331 g/mol. The molecule has 3 heterocycles. The molecule has 0 N–H and O–H groups in total. The van der Waals surface area contributed by atoms with Crippen molar-refractivity contribution >= 4 is 11.8 Å². The zero-order valence-corrected chi connectivity index (χ0v) is 14.5. The van der Waals surface area contributed by atoms with Gasteiger partial charge in [-0.1, -0.05) is 19.0 Å². The molecule has 24 heavy (non-hydrogen) atoms. The molecule has 2 aliphatic heterocycles. The van der Waals surface area contributed by atoms with Crippen LogP contribution in [-0.4, -0.2) is 51.9 Å². The SMILES string of the molecule is CC(C)C(=O)N1CCC12CCCN(C(=O)c1cc(C3CC3)on1)C2. The minimum absolute atomic E-state index is 0.00453. The molecule has 1 saturated carbocycles. The summed E-state index contributed by atoms with van der Waals surface area (Å²) in [7, 11) is 0. The second kappa shape index (κ2) is 5.60. The van der Waals surface area contributed by atoms with Gasteiger partial charge in [-0.05, 0) is 32.1 Å². The second-order valence-corrected chi connectivity index (χ2v) is 7.84. The number of piperidine rings is 1. The van der Waals surface area contributed by atoms with Crippen LogP contribution >= 0.6 is 0 Å². The van der Waals surface area contributed by atoms with Crippen LogP contribution in [0.25, 0.3) is 0 Å². The summed E-state index contributed by atoms with van der Waals surface area (Å²) < 4.78 is 5.32. The third-order valence-electron chi connectivity index (χ3n) is 5.70. The number of carbonyl (C=O) groups is 2. The topological polar surface area (TPSA) is 66.7 Å². The quantitative estimate of drug-likeness (QED) is 0.853. The van der Waals surface area contributed by atoms with Crippen LogP contribution in [-0.2, 0) is 4.79 Å². The highest BCUT2D eigenvalue weighted by molar-refractivity contribution is 5.92. The van der Waals surface area contributed by atoms with Gasteiger partial charge in [0, 0.05) is 37.5 Å². The predicted octanol–water partition coefficient (Wildman–Crippen LogP) is 2.42. The summed E-state index contributed by atoms with van der Waals surface area (Å²) in [4.78, 5) is 29.1. The maximum Gasteiger partial charge on any atom is 0.276 e. The average molecular weight is 331 g/mol. The molecule has 1 unspecified atom stereocenters. The van der Waals surface area contributed by atoms with E-state index >= 15 is 0 Å². The summed E-state index contributed by atoms with van der Waals surface area (Å²) in [5.41, 5.74) is 0.258. The molecular formula is C18H25N3O3. The first kappa shape index (κ1) is 15.7. The van der Waals surface area contributed by atoms with Crippen LogP contribution < -0.4 is 0 Å². The van der Waals surface area contributed by atoms with Gasteiger partial charge in [-0.2, -0.15) is 0 Å². The molecule has 6 nitrogen and oxygen atoms in total. The van der Waals surface area contributed by atoms with Crippen molar-refractivity contribution in [2.24, 2.45) is 5.92 Å². The number of hydrogen-bond acceptors (Lipinski definition) is 4. The van der Waals surface area contributed by atoms with E-state index in [1.165, 1.54) is 0 Å².